The van der Waals surface area contributed by atoms with Gasteiger partial charge >= 0.3 is 6.03 Å². The molecule has 0 aromatic rings. The van der Waals surface area contributed by atoms with Crippen molar-refractivity contribution in [3.05, 3.63) is 24.3 Å². The van der Waals surface area contributed by atoms with Gasteiger partial charge in [0.15, 0.2) is 0 Å². The SMILES string of the molecule is C=CCNC(=O)C(=O)C(CC1CC1)NC(=O)[C@@H]1[C@@H](C=C(C)C)CCN1C(=O)[C@@H](NC(=O)N[C@H](CN1C(=O)CC(C)(C)CC1=O)C(C)(C)C)C1CCCCC1. The minimum atomic E-state index is -1.03. The summed E-state index contributed by atoms with van der Waals surface area (Å²) < 4.78 is 0. The van der Waals surface area contributed by atoms with E-state index in [0.717, 1.165) is 50.5 Å². The van der Waals surface area contributed by atoms with Crippen LogP contribution in [-0.4, -0.2) is 95.0 Å². The number of nitrogens with one attached hydrogen (secondary N) is 4. The van der Waals surface area contributed by atoms with Crippen LogP contribution in [0.2, 0.25) is 0 Å². The second-order valence-electron chi connectivity index (χ2n) is 18.1. The third-order valence-corrected chi connectivity index (χ3v) is 11.3. The van der Waals surface area contributed by atoms with Crippen LogP contribution in [0.25, 0.3) is 0 Å². The molecule has 2 aliphatic carbocycles. The van der Waals surface area contributed by atoms with Crippen LogP contribution in [0.3, 0.4) is 0 Å². The first-order chi connectivity index (χ1) is 25.3. The highest BCUT2D eigenvalue weighted by atomic mass is 16.2. The number of allylic oxidation sites excluding steroid dienone is 1. The fourth-order valence-electron chi connectivity index (χ4n) is 8.09. The van der Waals surface area contributed by atoms with E-state index in [2.05, 4.69) is 27.8 Å². The maximum atomic E-state index is 14.8. The van der Waals surface area contributed by atoms with Crippen LogP contribution in [0.1, 0.15) is 119 Å². The minimum absolute atomic E-state index is 0.0117. The van der Waals surface area contributed by atoms with Crippen LogP contribution in [0, 0.1) is 28.6 Å². The van der Waals surface area contributed by atoms with Gasteiger partial charge in [-0.15, -0.1) is 6.58 Å². The Bertz CT molecular complexity index is 1460. The molecule has 54 heavy (non-hydrogen) atoms. The van der Waals surface area contributed by atoms with Gasteiger partial charge in [0.05, 0.1) is 12.1 Å². The maximum Gasteiger partial charge on any atom is 0.315 e. The zero-order chi connectivity index (χ0) is 40.0. The molecule has 4 fully saturated rings. The second kappa shape index (κ2) is 18.1. The number of likely N-dealkylation sites (tertiary alicyclic amines) is 2. The number of hydrogen-bond donors (Lipinski definition) is 4. The number of amides is 7. The summed E-state index contributed by atoms with van der Waals surface area (Å²) in [5, 5.41) is 11.4. The predicted molar refractivity (Wildman–Crippen MR) is 206 cm³/mol. The van der Waals surface area contributed by atoms with Crippen LogP contribution < -0.4 is 21.3 Å². The Balaban J connectivity index is 1.57. The highest BCUT2D eigenvalue weighted by Gasteiger charge is 2.47. The Kier molecular flexibility index (Phi) is 14.3. The van der Waals surface area contributed by atoms with E-state index in [9.17, 15) is 33.6 Å². The van der Waals surface area contributed by atoms with Crippen molar-refractivity contribution in [3.63, 3.8) is 0 Å². The van der Waals surface area contributed by atoms with E-state index in [1.807, 2.05) is 54.5 Å². The molecule has 0 aromatic heterocycles. The lowest BCUT2D eigenvalue weighted by atomic mass is 9.80. The third-order valence-electron chi connectivity index (χ3n) is 11.3. The zero-order valence-corrected chi connectivity index (χ0v) is 33.6. The monoisotopic (exact) mass is 752 g/mol. The summed E-state index contributed by atoms with van der Waals surface area (Å²) in [6.07, 6.45) is 10.9. The average Bonchev–Trinajstić information content (AvgIpc) is 3.81. The highest BCUT2D eigenvalue weighted by molar-refractivity contribution is 6.38. The molecule has 7 amide bonds. The zero-order valence-electron chi connectivity index (χ0n) is 33.6. The Morgan fingerprint density at radius 2 is 1.54 bits per heavy atom. The Hall–Kier alpha value is -4.03. The number of nitrogens with zero attached hydrogens (tertiary/aromatic N) is 2. The standard InChI is InChI=1S/C41H64N6O7/c1-9-18-42-37(52)35(50)29(21-26-15-16-26)43-36(51)34-28(20-25(2)3)17-19-46(34)38(53)33(27-13-11-10-12-14-27)45-39(54)44-30(40(4,5)6)24-47-31(48)22-41(7,8)23-32(47)49/h9,20,26-30,33-34H,1,10-19,21-24H2,2-8H3,(H,42,52)(H,43,51)(H2,44,45,54)/t28-,29?,30-,33+,34+/m1/s1. The molecule has 4 rings (SSSR count). The Morgan fingerprint density at radius 3 is 2.09 bits per heavy atom. The van der Waals surface area contributed by atoms with Crippen molar-refractivity contribution in [3.8, 4) is 0 Å². The van der Waals surface area contributed by atoms with Gasteiger partial charge in [-0.3, -0.25) is 33.7 Å². The van der Waals surface area contributed by atoms with Crippen LogP contribution in [0.15, 0.2) is 24.3 Å². The van der Waals surface area contributed by atoms with Gasteiger partial charge in [-0.25, -0.2) is 4.79 Å². The summed E-state index contributed by atoms with van der Waals surface area (Å²) in [6.45, 7) is 17.4. The molecule has 1 unspecified atom stereocenters. The first-order valence-corrected chi connectivity index (χ1v) is 19.9. The molecule has 0 radical (unpaired) electrons. The molecule has 0 spiro atoms. The van der Waals surface area contributed by atoms with Crippen molar-refractivity contribution in [2.75, 3.05) is 19.6 Å². The van der Waals surface area contributed by atoms with Crippen molar-refractivity contribution in [2.45, 2.75) is 143 Å². The predicted octanol–water partition coefficient (Wildman–Crippen LogP) is 4.16. The molecular formula is C41H64N6O7. The van der Waals surface area contributed by atoms with E-state index in [1.165, 1.54) is 11.0 Å². The molecule has 4 N–H and O–H groups in total. The smallest absolute Gasteiger partial charge is 0.315 e. The Labute approximate surface area is 321 Å². The summed E-state index contributed by atoms with van der Waals surface area (Å²) in [4.78, 5) is 97.8. The van der Waals surface area contributed by atoms with E-state index in [-0.39, 0.29) is 68.0 Å². The summed E-state index contributed by atoms with van der Waals surface area (Å²) in [7, 11) is 0. The summed E-state index contributed by atoms with van der Waals surface area (Å²) in [5.74, 6) is -3.20. The molecule has 0 aromatic carbocycles. The topological polar surface area (TPSA) is 174 Å². The number of carbonyl (C=O) groups excluding carboxylic acids is 7. The van der Waals surface area contributed by atoms with Crippen molar-refractivity contribution < 1.29 is 33.6 Å². The number of piperidine rings is 1. The number of imide groups is 1. The van der Waals surface area contributed by atoms with Crippen LogP contribution >= 0.6 is 0 Å². The Morgan fingerprint density at radius 1 is 0.907 bits per heavy atom. The van der Waals surface area contributed by atoms with Gasteiger partial charge < -0.3 is 26.2 Å². The highest BCUT2D eigenvalue weighted by Crippen LogP contribution is 2.36. The second-order valence-corrected chi connectivity index (χ2v) is 18.1. The van der Waals surface area contributed by atoms with Gasteiger partial charge in [-0.05, 0) is 62.2 Å². The van der Waals surface area contributed by atoms with Gasteiger partial charge in [0.25, 0.3) is 5.91 Å². The summed E-state index contributed by atoms with van der Waals surface area (Å²) in [5.41, 5.74) is 0.00975. The van der Waals surface area contributed by atoms with Crippen molar-refractivity contribution >= 4 is 41.4 Å². The molecule has 2 aliphatic heterocycles. The lowest BCUT2D eigenvalue weighted by Gasteiger charge is -2.40. The lowest BCUT2D eigenvalue weighted by molar-refractivity contribution is -0.153. The molecule has 0 bridgehead atoms. The average molecular weight is 753 g/mol. The molecule has 2 saturated heterocycles. The van der Waals surface area contributed by atoms with E-state index < -0.39 is 58.6 Å². The molecule has 5 atom stereocenters. The van der Waals surface area contributed by atoms with E-state index in [1.54, 1.807) is 4.90 Å². The van der Waals surface area contributed by atoms with E-state index in [0.29, 0.717) is 12.8 Å². The van der Waals surface area contributed by atoms with Gasteiger partial charge in [-0.1, -0.05) is 84.4 Å². The minimum Gasteiger partial charge on any atom is -0.346 e. The number of rotatable bonds is 15. The quantitative estimate of drug-likeness (QED) is 0.110. The first-order valence-electron chi connectivity index (χ1n) is 19.9. The molecule has 2 heterocycles. The first kappa shape index (κ1) is 42.7. The number of ketones is 1. The molecule has 300 valence electrons. The number of urea groups is 1. The van der Waals surface area contributed by atoms with Crippen molar-refractivity contribution in [2.24, 2.45) is 28.6 Å². The molecular weight excluding hydrogens is 688 g/mol. The largest absolute Gasteiger partial charge is 0.346 e. The van der Waals surface area contributed by atoms with Crippen molar-refractivity contribution in [1.29, 1.82) is 0 Å². The van der Waals surface area contributed by atoms with E-state index in [4.69, 9.17) is 0 Å². The van der Waals surface area contributed by atoms with Crippen LogP contribution in [0.4, 0.5) is 4.79 Å². The fourth-order valence-corrected chi connectivity index (χ4v) is 8.09. The number of carbonyl (C=O) groups is 7. The third kappa shape index (κ3) is 11.5. The molecule has 13 heteroatoms. The summed E-state index contributed by atoms with van der Waals surface area (Å²) >= 11 is 0. The lowest BCUT2D eigenvalue weighted by Crippen LogP contribution is -2.62. The normalized spacial score (nSPS) is 23.5. The summed E-state index contributed by atoms with van der Waals surface area (Å²) in [6, 6.07) is -4.10. The molecule has 13 nitrogen and oxygen atoms in total. The number of hydrogen-bond acceptors (Lipinski definition) is 7. The molecule has 2 saturated carbocycles. The van der Waals surface area contributed by atoms with Gasteiger partial charge in [0.2, 0.25) is 29.4 Å². The maximum absolute atomic E-state index is 14.8. The number of Topliss-reactive ketones (excluding diaryl/α,β-unsaturated/α-hetero) is 1. The van der Waals surface area contributed by atoms with Crippen LogP contribution in [0.5, 0.6) is 0 Å². The van der Waals surface area contributed by atoms with Gasteiger partial charge in [0, 0.05) is 38.4 Å². The van der Waals surface area contributed by atoms with E-state index >= 15 is 0 Å². The van der Waals surface area contributed by atoms with Gasteiger partial charge in [0.1, 0.15) is 12.1 Å². The molecule has 4 aliphatic rings. The van der Waals surface area contributed by atoms with Crippen LogP contribution in [-0.2, 0) is 28.8 Å². The fraction of sp³-hybridized carbons (Fsp3) is 0.732. The van der Waals surface area contributed by atoms with Gasteiger partial charge in [-0.2, -0.15) is 0 Å². The van der Waals surface area contributed by atoms with Crippen molar-refractivity contribution in [1.82, 2.24) is 31.1 Å².